The molecule has 0 saturated heterocycles. The fourth-order valence-corrected chi connectivity index (χ4v) is 8.05. The van der Waals surface area contributed by atoms with Crippen molar-refractivity contribution in [3.8, 4) is 0 Å². The predicted molar refractivity (Wildman–Crippen MR) is 140 cm³/mol. The van der Waals surface area contributed by atoms with Gasteiger partial charge in [0.15, 0.2) is 0 Å². The topological polar surface area (TPSA) is 74.6 Å². The van der Waals surface area contributed by atoms with Gasteiger partial charge in [0.1, 0.15) is 0 Å². The molecule has 6 heteroatoms. The van der Waals surface area contributed by atoms with Crippen LogP contribution in [0.4, 0.5) is 0 Å². The molecule has 1 radical (unpaired) electrons. The van der Waals surface area contributed by atoms with Crippen molar-refractivity contribution in [2.45, 2.75) is 6.16 Å². The van der Waals surface area contributed by atoms with E-state index in [0.717, 1.165) is 11.7 Å². The molecule has 0 fully saturated rings. The largest absolute Gasteiger partial charge is 0.394 e. The van der Waals surface area contributed by atoms with Crippen LogP contribution in [0.5, 0.6) is 0 Å². The SMILES string of the molecule is C=Cc1ccc(C[P](c2ccccc2)(c2ccccc2)c2ccccc2)cc1.O=S(=O)(O)O. The first kappa shape index (κ1) is 24.6. The van der Waals surface area contributed by atoms with E-state index >= 15 is 0 Å². The van der Waals surface area contributed by atoms with Gasteiger partial charge in [-0.2, -0.15) is 8.42 Å². The van der Waals surface area contributed by atoms with Crippen LogP contribution in [0, 0.1) is 0 Å². The van der Waals surface area contributed by atoms with Gasteiger partial charge < -0.3 is 0 Å². The standard InChI is InChI=1S/C27H24P.H2O4S/c1-2-23-18-20-24(21-19-23)22-28(25-12-6-3-7-13-25,26-14-8-4-9-15-26)27-16-10-5-11-17-27;1-5(2,3)4/h2-21H,1,22H2;(H2,1,2,3,4). The van der Waals surface area contributed by atoms with Crippen molar-refractivity contribution in [1.29, 1.82) is 0 Å². The molecule has 0 amide bonds. The Morgan fingerprint density at radius 2 is 0.970 bits per heavy atom. The van der Waals surface area contributed by atoms with Crippen molar-refractivity contribution >= 4 is 39.7 Å². The average Bonchev–Trinajstić information content (AvgIpc) is 2.83. The molecule has 0 unspecified atom stereocenters. The fourth-order valence-electron chi connectivity index (χ4n) is 3.80. The molecule has 4 rings (SSSR count). The third kappa shape index (κ3) is 6.70. The monoisotopic (exact) mass is 477 g/mol. The van der Waals surface area contributed by atoms with Gasteiger partial charge in [-0.05, 0) is 34.3 Å². The zero-order chi connectivity index (χ0) is 23.7. The van der Waals surface area contributed by atoms with Crippen LogP contribution >= 0.6 is 7.26 Å². The highest BCUT2D eigenvalue weighted by Gasteiger charge is 2.33. The van der Waals surface area contributed by atoms with Gasteiger partial charge in [0.2, 0.25) is 0 Å². The van der Waals surface area contributed by atoms with Gasteiger partial charge in [-0.3, -0.25) is 9.11 Å². The second-order valence-corrected chi connectivity index (χ2v) is 11.7. The maximum absolute atomic E-state index is 8.74. The first-order valence-corrected chi connectivity index (χ1v) is 13.7. The van der Waals surface area contributed by atoms with Crippen LogP contribution in [-0.2, 0) is 16.6 Å². The molecule has 4 aromatic rings. The number of hydrogen-bond acceptors (Lipinski definition) is 2. The second kappa shape index (κ2) is 11.2. The zero-order valence-corrected chi connectivity index (χ0v) is 19.7. The molecule has 0 aliphatic heterocycles. The summed E-state index contributed by atoms with van der Waals surface area (Å²) >= 11 is 0. The number of benzene rings is 4. The smallest absolute Gasteiger partial charge is 0.264 e. The zero-order valence-electron chi connectivity index (χ0n) is 18.0. The molecule has 0 aliphatic carbocycles. The summed E-state index contributed by atoms with van der Waals surface area (Å²) in [6, 6.07) is 41.9. The lowest BCUT2D eigenvalue weighted by Crippen LogP contribution is -2.32. The molecule has 0 saturated carbocycles. The van der Waals surface area contributed by atoms with Crippen LogP contribution in [0.1, 0.15) is 11.1 Å². The lowest BCUT2D eigenvalue weighted by molar-refractivity contribution is 0.381. The van der Waals surface area contributed by atoms with E-state index in [-0.39, 0.29) is 0 Å². The Kier molecular flexibility index (Phi) is 8.32. The Balaban J connectivity index is 0.000000555. The van der Waals surface area contributed by atoms with Crippen molar-refractivity contribution < 1.29 is 17.5 Å². The van der Waals surface area contributed by atoms with Crippen LogP contribution in [-0.4, -0.2) is 17.5 Å². The lowest BCUT2D eigenvalue weighted by Gasteiger charge is -2.38. The summed E-state index contributed by atoms with van der Waals surface area (Å²) in [4.78, 5) is 0. The lowest BCUT2D eigenvalue weighted by atomic mass is 10.1. The molecule has 4 aromatic carbocycles. The van der Waals surface area contributed by atoms with Gasteiger partial charge >= 0.3 is 10.4 Å². The molecule has 0 aliphatic rings. The van der Waals surface area contributed by atoms with E-state index in [4.69, 9.17) is 17.5 Å². The van der Waals surface area contributed by atoms with E-state index in [2.05, 4.69) is 122 Å². The highest BCUT2D eigenvalue weighted by molar-refractivity contribution is 7.95. The van der Waals surface area contributed by atoms with Crippen LogP contribution in [0.25, 0.3) is 6.08 Å². The van der Waals surface area contributed by atoms with Gasteiger partial charge in [-0.15, -0.1) is 0 Å². The summed E-state index contributed by atoms with van der Waals surface area (Å²) in [5, 5.41) is 4.25. The summed E-state index contributed by atoms with van der Waals surface area (Å²) in [5.41, 5.74) is 2.52. The second-order valence-electron chi connectivity index (χ2n) is 7.37. The molecule has 169 valence electrons. The van der Waals surface area contributed by atoms with Gasteiger partial charge in [-0.1, -0.05) is 128 Å². The molecule has 4 nitrogen and oxygen atoms in total. The third-order valence-electron chi connectivity index (χ3n) is 5.23. The molecule has 0 atom stereocenters. The molecule has 0 spiro atoms. The maximum Gasteiger partial charge on any atom is 0.394 e. The Labute approximate surface area is 196 Å². The van der Waals surface area contributed by atoms with E-state index in [1.807, 2.05) is 6.08 Å². The number of hydrogen-bond donors (Lipinski definition) is 2. The minimum Gasteiger partial charge on any atom is -0.264 e. The number of rotatable bonds is 6. The van der Waals surface area contributed by atoms with Crippen LogP contribution in [0.2, 0.25) is 0 Å². The molecule has 0 heterocycles. The Morgan fingerprint density at radius 3 is 1.27 bits per heavy atom. The van der Waals surface area contributed by atoms with E-state index < -0.39 is 17.7 Å². The Hall–Kier alpha value is -3.08. The van der Waals surface area contributed by atoms with Crippen molar-refractivity contribution in [2.75, 3.05) is 0 Å². The van der Waals surface area contributed by atoms with E-state index in [1.54, 1.807) is 0 Å². The van der Waals surface area contributed by atoms with Gasteiger partial charge in [-0.25, -0.2) is 0 Å². The molecular formula is C27H26O4PS. The van der Waals surface area contributed by atoms with Crippen LogP contribution < -0.4 is 15.9 Å². The summed E-state index contributed by atoms with van der Waals surface area (Å²) < 4.78 is 31.6. The fraction of sp³-hybridized carbons (Fsp3) is 0.0370. The van der Waals surface area contributed by atoms with Crippen molar-refractivity contribution in [2.24, 2.45) is 0 Å². The predicted octanol–water partition coefficient (Wildman–Crippen LogP) is 5.17. The van der Waals surface area contributed by atoms with Gasteiger partial charge in [0.25, 0.3) is 0 Å². The summed E-state index contributed by atoms with van der Waals surface area (Å²) in [6.45, 7) is 3.88. The first-order valence-electron chi connectivity index (χ1n) is 10.3. The normalized spacial score (nSPS) is 11.2. The van der Waals surface area contributed by atoms with Gasteiger partial charge in [0, 0.05) is 6.16 Å². The Morgan fingerprint density at radius 1 is 0.636 bits per heavy atom. The molecule has 2 N–H and O–H groups in total. The minimum absolute atomic E-state index is 1.00. The molecule has 0 bridgehead atoms. The quantitative estimate of drug-likeness (QED) is 0.297. The first-order chi connectivity index (χ1) is 15.8. The third-order valence-corrected chi connectivity index (χ3v) is 9.60. The van der Waals surface area contributed by atoms with Gasteiger partial charge in [0.05, 0.1) is 0 Å². The van der Waals surface area contributed by atoms with Crippen LogP contribution in [0.3, 0.4) is 0 Å². The van der Waals surface area contributed by atoms with E-state index in [1.165, 1.54) is 21.5 Å². The van der Waals surface area contributed by atoms with Crippen molar-refractivity contribution in [3.05, 3.63) is 133 Å². The minimum atomic E-state index is -4.67. The highest BCUT2D eigenvalue weighted by Crippen LogP contribution is 2.58. The van der Waals surface area contributed by atoms with Crippen molar-refractivity contribution in [3.63, 3.8) is 0 Å². The molecule has 0 aromatic heterocycles. The summed E-state index contributed by atoms with van der Waals surface area (Å²) in [7, 11) is -6.49. The van der Waals surface area contributed by atoms with E-state index in [9.17, 15) is 0 Å². The molecular weight excluding hydrogens is 451 g/mol. The maximum atomic E-state index is 8.74. The molecule has 33 heavy (non-hydrogen) atoms. The summed E-state index contributed by atoms with van der Waals surface area (Å²) in [5.74, 6) is 0. The van der Waals surface area contributed by atoms with Crippen LogP contribution in [0.15, 0.2) is 122 Å². The summed E-state index contributed by atoms with van der Waals surface area (Å²) in [6.07, 6.45) is 2.90. The Bertz CT molecular complexity index is 1150. The average molecular weight is 478 g/mol. The van der Waals surface area contributed by atoms with E-state index in [0.29, 0.717) is 0 Å². The highest BCUT2D eigenvalue weighted by atomic mass is 32.3. The van der Waals surface area contributed by atoms with Crippen molar-refractivity contribution in [1.82, 2.24) is 0 Å².